The Morgan fingerprint density at radius 2 is 1.96 bits per heavy atom. The first-order valence-corrected chi connectivity index (χ1v) is 9.56. The summed E-state index contributed by atoms with van der Waals surface area (Å²) in [6, 6.07) is 0. The van der Waals surface area contributed by atoms with Gasteiger partial charge in [-0.05, 0) is 48.5 Å². The topological polar surface area (TPSA) is 87.0 Å². The van der Waals surface area contributed by atoms with E-state index >= 15 is 0 Å². The Balaban J connectivity index is 1.78. The van der Waals surface area contributed by atoms with E-state index in [1.807, 2.05) is 0 Å². The first-order chi connectivity index (χ1) is 11.6. The molecule has 5 heteroatoms. The van der Waals surface area contributed by atoms with E-state index in [1.165, 1.54) is 0 Å². The van der Waals surface area contributed by atoms with Crippen molar-refractivity contribution in [3.05, 3.63) is 12.2 Å². The van der Waals surface area contributed by atoms with Crippen LogP contribution in [0.5, 0.6) is 0 Å². The SMILES string of the molecule is C=C1C(=O)[C@]23C[C@H]1C[C@H](O)[C@H]2[C@@]12CO[C@@]3(O)C[C@@H]1C(C)(C)CC[C@@H]2O. The van der Waals surface area contributed by atoms with E-state index in [9.17, 15) is 20.1 Å². The minimum atomic E-state index is -1.56. The maximum atomic E-state index is 13.3. The normalized spacial score (nSPS) is 58.8. The molecule has 5 nitrogen and oxygen atoms in total. The molecule has 0 unspecified atom stereocenters. The quantitative estimate of drug-likeness (QED) is 0.576. The Bertz CT molecular complexity index is 686. The molecule has 0 aromatic rings. The van der Waals surface area contributed by atoms with Crippen LogP contribution in [0.1, 0.15) is 46.0 Å². The van der Waals surface area contributed by atoms with E-state index in [0.29, 0.717) is 31.3 Å². The molecule has 8 atom stereocenters. The molecule has 25 heavy (non-hydrogen) atoms. The number of allylic oxidation sites excluding steroid dienone is 1. The zero-order chi connectivity index (χ0) is 18.0. The third-order valence-electron chi connectivity index (χ3n) is 8.79. The Hall–Kier alpha value is -0.750. The summed E-state index contributed by atoms with van der Waals surface area (Å²) in [5.41, 5.74) is -1.37. The number of ether oxygens (including phenoxy) is 1. The molecule has 0 aromatic carbocycles. The number of Topliss-reactive ketones (excluding diaryl/α,β-unsaturated/α-hetero) is 1. The summed E-state index contributed by atoms with van der Waals surface area (Å²) in [7, 11) is 0. The number of hydrogen-bond donors (Lipinski definition) is 3. The van der Waals surface area contributed by atoms with Crippen LogP contribution in [0, 0.1) is 34.0 Å². The van der Waals surface area contributed by atoms with E-state index < -0.39 is 34.7 Å². The third-order valence-corrected chi connectivity index (χ3v) is 8.79. The summed E-state index contributed by atoms with van der Waals surface area (Å²) in [5, 5.41) is 33.8. The molecule has 2 heterocycles. The molecule has 6 aliphatic rings. The van der Waals surface area contributed by atoms with Crippen LogP contribution in [0.3, 0.4) is 0 Å². The van der Waals surface area contributed by atoms with Gasteiger partial charge in [-0.15, -0.1) is 0 Å². The molecule has 138 valence electrons. The van der Waals surface area contributed by atoms with Crippen molar-refractivity contribution in [2.24, 2.45) is 34.0 Å². The lowest BCUT2D eigenvalue weighted by Crippen LogP contribution is -2.80. The number of aliphatic hydroxyl groups is 3. The Morgan fingerprint density at radius 1 is 1.24 bits per heavy atom. The molecule has 3 N–H and O–H groups in total. The van der Waals surface area contributed by atoms with Crippen LogP contribution in [0.2, 0.25) is 0 Å². The van der Waals surface area contributed by atoms with Crippen LogP contribution >= 0.6 is 0 Å². The summed E-state index contributed by atoms with van der Waals surface area (Å²) in [6.07, 6.45) is 1.51. The van der Waals surface area contributed by atoms with Crippen molar-refractivity contribution in [2.75, 3.05) is 6.61 Å². The van der Waals surface area contributed by atoms with Crippen LogP contribution in [-0.2, 0) is 9.53 Å². The Morgan fingerprint density at radius 3 is 2.68 bits per heavy atom. The highest BCUT2D eigenvalue weighted by Gasteiger charge is 2.82. The maximum absolute atomic E-state index is 13.3. The largest absolute Gasteiger partial charge is 0.393 e. The van der Waals surface area contributed by atoms with Gasteiger partial charge >= 0.3 is 0 Å². The highest BCUT2D eigenvalue weighted by molar-refractivity contribution is 6.04. The highest BCUT2D eigenvalue weighted by Crippen LogP contribution is 2.76. The second-order valence-corrected chi connectivity index (χ2v) is 9.99. The Kier molecular flexibility index (Phi) is 2.88. The summed E-state index contributed by atoms with van der Waals surface area (Å²) in [6.45, 7) is 8.54. The molecule has 2 spiro atoms. The monoisotopic (exact) mass is 348 g/mol. The Labute approximate surface area is 148 Å². The number of ketones is 1. The van der Waals surface area contributed by atoms with Gasteiger partial charge in [0.05, 0.1) is 24.2 Å². The summed E-state index contributed by atoms with van der Waals surface area (Å²) in [5.74, 6) is -2.24. The third kappa shape index (κ3) is 1.51. The molecular weight excluding hydrogens is 320 g/mol. The minimum absolute atomic E-state index is 0.0194. The molecule has 4 bridgehead atoms. The van der Waals surface area contributed by atoms with Gasteiger partial charge in [-0.25, -0.2) is 0 Å². The van der Waals surface area contributed by atoms with Crippen molar-refractivity contribution in [3.63, 3.8) is 0 Å². The lowest BCUT2D eigenvalue weighted by molar-refractivity contribution is -0.423. The lowest BCUT2D eigenvalue weighted by Gasteiger charge is -2.73. The summed E-state index contributed by atoms with van der Waals surface area (Å²) < 4.78 is 5.97. The summed E-state index contributed by atoms with van der Waals surface area (Å²) >= 11 is 0. The molecule has 0 amide bonds. The first kappa shape index (κ1) is 16.4. The smallest absolute Gasteiger partial charge is 0.179 e. The van der Waals surface area contributed by atoms with E-state index in [4.69, 9.17) is 4.74 Å². The molecule has 2 aliphatic heterocycles. The van der Waals surface area contributed by atoms with Crippen LogP contribution < -0.4 is 0 Å². The van der Waals surface area contributed by atoms with E-state index in [-0.39, 0.29) is 29.6 Å². The van der Waals surface area contributed by atoms with Crippen LogP contribution in [0.15, 0.2) is 12.2 Å². The molecule has 2 saturated heterocycles. The highest BCUT2D eigenvalue weighted by atomic mass is 16.6. The van der Waals surface area contributed by atoms with E-state index in [2.05, 4.69) is 20.4 Å². The molecule has 0 radical (unpaired) electrons. The lowest BCUT2D eigenvalue weighted by atomic mass is 9.36. The van der Waals surface area contributed by atoms with Gasteiger partial charge in [-0.3, -0.25) is 4.79 Å². The second kappa shape index (κ2) is 4.38. The average Bonchev–Trinajstić information content (AvgIpc) is 2.75. The van der Waals surface area contributed by atoms with E-state index in [1.54, 1.807) is 0 Å². The van der Waals surface area contributed by atoms with Crippen molar-refractivity contribution in [2.45, 2.75) is 63.9 Å². The van der Waals surface area contributed by atoms with Gasteiger partial charge < -0.3 is 20.1 Å². The number of fused-ring (bicyclic) bond motifs is 2. The predicted octanol–water partition coefficient (Wildman–Crippen LogP) is 1.40. The standard InChI is InChI=1S/C20H28O5/c1-10-11-6-12(21)15-18-9-25-20(24,19(15,7-11)16(10)23)8-13(18)17(2,3)5-4-14(18)22/h11-15,21-22,24H,1,4-9H2,2-3H3/t11-,12+,13-,14+,15+,18+,19+,20+/m1/s1. The van der Waals surface area contributed by atoms with Gasteiger partial charge in [0.15, 0.2) is 11.6 Å². The van der Waals surface area contributed by atoms with Crippen molar-refractivity contribution in [1.82, 2.24) is 0 Å². The van der Waals surface area contributed by atoms with Gasteiger partial charge in [-0.1, -0.05) is 20.4 Å². The maximum Gasteiger partial charge on any atom is 0.179 e. The van der Waals surface area contributed by atoms with Crippen molar-refractivity contribution >= 4 is 5.78 Å². The van der Waals surface area contributed by atoms with Crippen molar-refractivity contribution in [3.8, 4) is 0 Å². The zero-order valence-corrected chi connectivity index (χ0v) is 15.0. The molecule has 4 saturated carbocycles. The number of hydrogen-bond acceptors (Lipinski definition) is 5. The molecular formula is C20H28O5. The minimum Gasteiger partial charge on any atom is -0.393 e. The first-order valence-electron chi connectivity index (χ1n) is 9.56. The summed E-state index contributed by atoms with van der Waals surface area (Å²) in [4.78, 5) is 13.3. The fraction of sp³-hybridized carbons (Fsp3) is 0.850. The predicted molar refractivity (Wildman–Crippen MR) is 89.3 cm³/mol. The second-order valence-electron chi connectivity index (χ2n) is 9.99. The number of rotatable bonds is 0. The van der Waals surface area contributed by atoms with Crippen LogP contribution in [0.25, 0.3) is 0 Å². The fourth-order valence-corrected chi connectivity index (χ4v) is 7.70. The fourth-order valence-electron chi connectivity index (χ4n) is 7.70. The van der Waals surface area contributed by atoms with Gasteiger partial charge in [-0.2, -0.15) is 0 Å². The molecule has 0 aromatic heterocycles. The number of carbonyl (C=O) groups excluding carboxylic acids is 1. The zero-order valence-electron chi connectivity index (χ0n) is 15.0. The van der Waals surface area contributed by atoms with Gasteiger partial charge in [0, 0.05) is 17.8 Å². The van der Waals surface area contributed by atoms with Crippen LogP contribution in [-0.4, -0.2) is 45.7 Å². The molecule has 6 fully saturated rings. The van der Waals surface area contributed by atoms with E-state index in [0.717, 1.165) is 6.42 Å². The molecule has 4 aliphatic carbocycles. The van der Waals surface area contributed by atoms with Crippen molar-refractivity contribution < 1.29 is 24.9 Å². The molecule has 6 rings (SSSR count). The van der Waals surface area contributed by atoms with Gasteiger partial charge in [0.1, 0.15) is 0 Å². The van der Waals surface area contributed by atoms with Gasteiger partial charge in [0.25, 0.3) is 0 Å². The number of aliphatic hydroxyl groups excluding tert-OH is 2. The van der Waals surface area contributed by atoms with Crippen LogP contribution in [0.4, 0.5) is 0 Å². The van der Waals surface area contributed by atoms with Gasteiger partial charge in [0.2, 0.25) is 0 Å². The van der Waals surface area contributed by atoms with Crippen molar-refractivity contribution in [1.29, 1.82) is 0 Å². The average molecular weight is 348 g/mol. The number of carbonyl (C=O) groups is 1.